The van der Waals surface area contributed by atoms with E-state index in [4.69, 9.17) is 0 Å². The zero-order chi connectivity index (χ0) is 15.9. The first kappa shape index (κ1) is 19.8. The number of hydrogen-bond donors (Lipinski definition) is 3. The van der Waals surface area contributed by atoms with Gasteiger partial charge in [0, 0.05) is 37.2 Å². The molecular weight excluding hydrogens is 399 g/mol. The van der Waals surface area contributed by atoms with Crippen molar-refractivity contribution in [2.75, 3.05) is 20.1 Å². The fraction of sp³-hybridized carbons (Fsp3) is 0.500. The van der Waals surface area contributed by atoms with E-state index in [1.54, 1.807) is 0 Å². The molecule has 0 spiro atoms. The lowest BCUT2D eigenvalue weighted by Gasteiger charge is -2.13. The smallest absolute Gasteiger partial charge is 0.190 e. The van der Waals surface area contributed by atoms with Gasteiger partial charge in [-0.15, -0.1) is 24.0 Å². The molecule has 0 fully saturated rings. The number of aryl methyl sites for hydroxylation is 1. The van der Waals surface area contributed by atoms with Gasteiger partial charge in [0.2, 0.25) is 0 Å². The van der Waals surface area contributed by atoms with E-state index in [1.165, 1.54) is 22.0 Å². The highest BCUT2D eigenvalue weighted by atomic mass is 127. The van der Waals surface area contributed by atoms with Gasteiger partial charge in [0.25, 0.3) is 0 Å². The molecule has 2 rings (SSSR count). The Morgan fingerprint density at radius 2 is 2.00 bits per heavy atom. The summed E-state index contributed by atoms with van der Waals surface area (Å²) in [7, 11) is 1.81. The van der Waals surface area contributed by atoms with E-state index < -0.39 is 0 Å². The summed E-state index contributed by atoms with van der Waals surface area (Å²) in [6, 6.07) is 6.54. The Balaban J connectivity index is 0.00000264. The van der Waals surface area contributed by atoms with Gasteiger partial charge in [-0.1, -0.05) is 39.0 Å². The molecule has 1 aromatic carbocycles. The molecule has 0 radical (unpaired) electrons. The van der Waals surface area contributed by atoms with Crippen LogP contribution in [0, 0.1) is 5.92 Å². The van der Waals surface area contributed by atoms with Crippen molar-refractivity contribution in [3.05, 3.63) is 35.5 Å². The zero-order valence-electron chi connectivity index (χ0n) is 14.6. The summed E-state index contributed by atoms with van der Waals surface area (Å²) in [4.78, 5) is 7.68. The highest BCUT2D eigenvalue weighted by Crippen LogP contribution is 2.22. The summed E-state index contributed by atoms with van der Waals surface area (Å²) in [5.41, 5.74) is 4.02. The minimum absolute atomic E-state index is 0. The molecule has 128 valence electrons. The Morgan fingerprint density at radius 3 is 2.65 bits per heavy atom. The number of rotatable bonds is 6. The molecule has 0 saturated carbocycles. The maximum absolute atomic E-state index is 4.26. The number of aliphatic imine (C=N–C) groups is 1. The van der Waals surface area contributed by atoms with Gasteiger partial charge in [-0.3, -0.25) is 4.99 Å². The van der Waals surface area contributed by atoms with E-state index >= 15 is 0 Å². The van der Waals surface area contributed by atoms with Crippen LogP contribution in [0.5, 0.6) is 0 Å². The van der Waals surface area contributed by atoms with Gasteiger partial charge < -0.3 is 15.6 Å². The largest absolute Gasteiger partial charge is 0.361 e. The molecule has 0 aliphatic heterocycles. The molecule has 0 saturated heterocycles. The summed E-state index contributed by atoms with van der Waals surface area (Å²) in [5, 5.41) is 8.06. The van der Waals surface area contributed by atoms with Crippen LogP contribution in [0.2, 0.25) is 0 Å². The number of nitrogens with one attached hydrogen (secondary N) is 3. The van der Waals surface area contributed by atoms with E-state index in [0.29, 0.717) is 5.92 Å². The zero-order valence-corrected chi connectivity index (χ0v) is 16.9. The topological polar surface area (TPSA) is 52.2 Å². The first-order valence-corrected chi connectivity index (χ1v) is 8.18. The lowest BCUT2D eigenvalue weighted by Crippen LogP contribution is -2.39. The van der Waals surface area contributed by atoms with Crippen LogP contribution in [-0.2, 0) is 12.8 Å². The summed E-state index contributed by atoms with van der Waals surface area (Å²) >= 11 is 0. The second-order valence-electron chi connectivity index (χ2n) is 6.03. The minimum atomic E-state index is 0. The molecule has 0 aliphatic rings. The van der Waals surface area contributed by atoms with Gasteiger partial charge in [-0.2, -0.15) is 0 Å². The van der Waals surface area contributed by atoms with Crippen LogP contribution in [0.15, 0.2) is 29.4 Å². The van der Waals surface area contributed by atoms with Gasteiger partial charge >= 0.3 is 0 Å². The van der Waals surface area contributed by atoms with Crippen LogP contribution in [0.3, 0.4) is 0 Å². The highest BCUT2D eigenvalue weighted by Gasteiger charge is 2.06. The second-order valence-corrected chi connectivity index (χ2v) is 6.03. The maximum Gasteiger partial charge on any atom is 0.190 e. The fourth-order valence-corrected chi connectivity index (χ4v) is 2.61. The van der Waals surface area contributed by atoms with Gasteiger partial charge in [0.15, 0.2) is 5.96 Å². The fourth-order valence-electron chi connectivity index (χ4n) is 2.61. The molecule has 4 nitrogen and oxygen atoms in total. The number of aromatic nitrogens is 1. The van der Waals surface area contributed by atoms with E-state index in [2.05, 4.69) is 65.8 Å². The first-order valence-electron chi connectivity index (χ1n) is 8.18. The predicted octanol–water partition coefficient (Wildman–Crippen LogP) is 3.71. The Morgan fingerprint density at radius 1 is 1.22 bits per heavy atom. The predicted molar refractivity (Wildman–Crippen MR) is 111 cm³/mol. The van der Waals surface area contributed by atoms with E-state index in [1.807, 2.05) is 7.05 Å². The number of H-pyrrole nitrogens is 1. The molecule has 23 heavy (non-hydrogen) atoms. The first-order chi connectivity index (χ1) is 10.7. The summed E-state index contributed by atoms with van der Waals surface area (Å²) in [6.07, 6.45) is 4.17. The third-order valence-corrected chi connectivity index (χ3v) is 3.86. The molecular formula is C18H29IN4. The molecule has 0 bridgehead atoms. The lowest BCUT2D eigenvalue weighted by molar-refractivity contribution is 0.614. The Kier molecular flexibility index (Phi) is 8.44. The van der Waals surface area contributed by atoms with Crippen LogP contribution in [0.4, 0.5) is 0 Å². The number of guanidine groups is 1. The van der Waals surface area contributed by atoms with Crippen molar-refractivity contribution < 1.29 is 0 Å². The number of fused-ring (bicyclic) bond motifs is 1. The Labute approximate surface area is 156 Å². The number of aromatic amines is 1. The van der Waals surface area contributed by atoms with Crippen LogP contribution in [0.1, 0.15) is 31.9 Å². The van der Waals surface area contributed by atoms with E-state index in [-0.39, 0.29) is 24.0 Å². The standard InChI is InChI=1S/C18H28N4.HI/c1-5-14-7-6-8-16-15(12-21-17(14)16)9-10-20-18(19-4)22-11-13(2)3;/h6-8,12-13,21H,5,9-11H2,1-4H3,(H2,19,20,22);1H. The maximum atomic E-state index is 4.26. The number of nitrogens with zero attached hydrogens (tertiary/aromatic N) is 1. The molecule has 1 heterocycles. The number of para-hydroxylation sites is 1. The van der Waals surface area contributed by atoms with E-state index in [0.717, 1.165) is 31.9 Å². The average molecular weight is 428 g/mol. The third kappa shape index (κ3) is 5.41. The molecule has 0 amide bonds. The van der Waals surface area contributed by atoms with Crippen molar-refractivity contribution in [2.45, 2.75) is 33.6 Å². The normalized spacial score (nSPS) is 11.6. The second kappa shape index (κ2) is 9.80. The van der Waals surface area contributed by atoms with Crippen molar-refractivity contribution in [3.8, 4) is 0 Å². The number of hydrogen-bond acceptors (Lipinski definition) is 1. The van der Waals surface area contributed by atoms with Crippen molar-refractivity contribution in [1.82, 2.24) is 15.6 Å². The van der Waals surface area contributed by atoms with Crippen LogP contribution in [-0.4, -0.2) is 31.1 Å². The van der Waals surface area contributed by atoms with Gasteiger partial charge in [0.1, 0.15) is 0 Å². The monoisotopic (exact) mass is 428 g/mol. The highest BCUT2D eigenvalue weighted by molar-refractivity contribution is 14.0. The quantitative estimate of drug-likeness (QED) is 0.373. The summed E-state index contributed by atoms with van der Waals surface area (Å²) < 4.78 is 0. The van der Waals surface area contributed by atoms with Crippen molar-refractivity contribution >= 4 is 40.8 Å². The molecule has 0 aliphatic carbocycles. The van der Waals surface area contributed by atoms with Gasteiger partial charge in [-0.05, 0) is 29.9 Å². The Bertz CT molecular complexity index is 631. The SMILES string of the molecule is CCc1cccc2c(CCNC(=NC)NCC(C)C)c[nH]c12.I. The van der Waals surface area contributed by atoms with Crippen molar-refractivity contribution in [2.24, 2.45) is 10.9 Å². The van der Waals surface area contributed by atoms with Crippen molar-refractivity contribution in [1.29, 1.82) is 0 Å². The summed E-state index contributed by atoms with van der Waals surface area (Å²) in [5.74, 6) is 1.49. The molecule has 3 N–H and O–H groups in total. The van der Waals surface area contributed by atoms with E-state index in [9.17, 15) is 0 Å². The van der Waals surface area contributed by atoms with Gasteiger partial charge in [0.05, 0.1) is 0 Å². The third-order valence-electron chi connectivity index (χ3n) is 3.86. The lowest BCUT2D eigenvalue weighted by atomic mass is 10.1. The van der Waals surface area contributed by atoms with Gasteiger partial charge in [-0.25, -0.2) is 0 Å². The molecule has 0 unspecified atom stereocenters. The van der Waals surface area contributed by atoms with Crippen molar-refractivity contribution in [3.63, 3.8) is 0 Å². The molecule has 5 heteroatoms. The Hall–Kier alpha value is -1.24. The molecule has 1 aromatic heterocycles. The van der Waals surface area contributed by atoms with Crippen LogP contribution >= 0.6 is 24.0 Å². The molecule has 2 aromatic rings. The number of benzene rings is 1. The van der Waals surface area contributed by atoms with Crippen LogP contribution in [0.25, 0.3) is 10.9 Å². The minimum Gasteiger partial charge on any atom is -0.361 e. The number of halogens is 1. The van der Waals surface area contributed by atoms with Crippen LogP contribution < -0.4 is 10.6 Å². The summed E-state index contributed by atoms with van der Waals surface area (Å²) in [6.45, 7) is 8.39. The average Bonchev–Trinajstić information content (AvgIpc) is 2.93. The molecule has 0 atom stereocenters.